The third kappa shape index (κ3) is 2.77. The summed E-state index contributed by atoms with van der Waals surface area (Å²) in [6.45, 7) is 0. The van der Waals surface area contributed by atoms with E-state index < -0.39 is 12.0 Å². The fourth-order valence-corrected chi connectivity index (χ4v) is 2.05. The summed E-state index contributed by atoms with van der Waals surface area (Å²) >= 11 is 6.04. The first-order chi connectivity index (χ1) is 8.13. The Morgan fingerprint density at radius 1 is 1.56 bits per heavy atom. The predicted octanol–water partition coefficient (Wildman–Crippen LogP) is 2.29. The monoisotopic (exact) mass is 288 g/mol. The SMILES string of the molecule is COC(=O)[C@H](N)Cc1c[nH]c2c(Cl)cccc12.Cl. The molecule has 1 aromatic heterocycles. The second kappa shape index (κ2) is 6.09. The quantitative estimate of drug-likeness (QED) is 0.852. The van der Waals surface area contributed by atoms with Crippen LogP contribution in [0, 0.1) is 0 Å². The number of H-pyrrole nitrogens is 1. The Hall–Kier alpha value is -1.23. The lowest BCUT2D eigenvalue weighted by atomic mass is 10.1. The van der Waals surface area contributed by atoms with Crippen LogP contribution in [-0.2, 0) is 16.0 Å². The number of benzene rings is 1. The molecule has 0 aliphatic heterocycles. The second-order valence-corrected chi connectivity index (χ2v) is 4.22. The van der Waals surface area contributed by atoms with Crippen molar-refractivity contribution in [1.82, 2.24) is 4.98 Å². The van der Waals surface area contributed by atoms with Crippen LogP contribution in [-0.4, -0.2) is 24.1 Å². The van der Waals surface area contributed by atoms with E-state index in [-0.39, 0.29) is 12.4 Å². The van der Waals surface area contributed by atoms with Gasteiger partial charge in [0.1, 0.15) is 6.04 Å². The molecule has 0 aliphatic rings. The highest BCUT2D eigenvalue weighted by molar-refractivity contribution is 6.35. The number of methoxy groups -OCH3 is 1. The zero-order chi connectivity index (χ0) is 12.4. The van der Waals surface area contributed by atoms with Gasteiger partial charge in [-0.2, -0.15) is 0 Å². The Labute approximate surface area is 116 Å². The van der Waals surface area contributed by atoms with Gasteiger partial charge in [-0.25, -0.2) is 0 Å². The van der Waals surface area contributed by atoms with Gasteiger partial charge < -0.3 is 15.5 Å². The summed E-state index contributed by atoms with van der Waals surface area (Å²) in [5, 5.41) is 1.64. The van der Waals surface area contributed by atoms with Crippen molar-refractivity contribution in [3.8, 4) is 0 Å². The Kier molecular flexibility index (Phi) is 5.02. The minimum absolute atomic E-state index is 0. The number of ether oxygens (including phenoxy) is 1. The minimum atomic E-state index is -0.655. The normalized spacial score (nSPS) is 11.9. The van der Waals surface area contributed by atoms with Gasteiger partial charge in [-0.3, -0.25) is 4.79 Å². The molecule has 0 aliphatic carbocycles. The number of para-hydroxylation sites is 1. The van der Waals surface area contributed by atoms with E-state index in [0.717, 1.165) is 16.5 Å². The van der Waals surface area contributed by atoms with Crippen LogP contribution in [0.2, 0.25) is 5.02 Å². The van der Waals surface area contributed by atoms with E-state index in [0.29, 0.717) is 11.4 Å². The molecule has 98 valence electrons. The van der Waals surface area contributed by atoms with Gasteiger partial charge in [-0.1, -0.05) is 23.7 Å². The first-order valence-corrected chi connectivity index (χ1v) is 5.59. The maximum absolute atomic E-state index is 11.3. The first kappa shape index (κ1) is 14.8. The van der Waals surface area contributed by atoms with Crippen LogP contribution < -0.4 is 5.73 Å². The van der Waals surface area contributed by atoms with E-state index in [4.69, 9.17) is 17.3 Å². The minimum Gasteiger partial charge on any atom is -0.468 e. The van der Waals surface area contributed by atoms with Crippen LogP contribution >= 0.6 is 24.0 Å². The lowest BCUT2D eigenvalue weighted by Gasteiger charge is -2.07. The molecule has 3 N–H and O–H groups in total. The van der Waals surface area contributed by atoms with Crippen LogP contribution in [0.4, 0.5) is 0 Å². The molecule has 4 nitrogen and oxygen atoms in total. The Morgan fingerprint density at radius 2 is 2.28 bits per heavy atom. The summed E-state index contributed by atoms with van der Waals surface area (Å²) in [5.74, 6) is -0.415. The van der Waals surface area contributed by atoms with Crippen molar-refractivity contribution in [3.05, 3.63) is 35.0 Å². The molecule has 1 heterocycles. The maximum Gasteiger partial charge on any atom is 0.322 e. The predicted molar refractivity (Wildman–Crippen MR) is 74.3 cm³/mol. The third-order valence-electron chi connectivity index (χ3n) is 2.69. The highest BCUT2D eigenvalue weighted by Crippen LogP contribution is 2.25. The number of aromatic amines is 1. The number of hydrogen-bond donors (Lipinski definition) is 2. The van der Waals surface area contributed by atoms with Crippen LogP contribution in [0.1, 0.15) is 5.56 Å². The highest BCUT2D eigenvalue weighted by Gasteiger charge is 2.16. The van der Waals surface area contributed by atoms with Gasteiger partial charge in [0.25, 0.3) is 0 Å². The van der Waals surface area contributed by atoms with E-state index in [2.05, 4.69) is 9.72 Å². The van der Waals surface area contributed by atoms with E-state index in [9.17, 15) is 4.79 Å². The molecule has 0 saturated carbocycles. The van der Waals surface area contributed by atoms with Gasteiger partial charge in [-0.05, 0) is 11.6 Å². The van der Waals surface area contributed by atoms with E-state index in [1.807, 2.05) is 24.4 Å². The molecule has 1 atom stereocenters. The van der Waals surface area contributed by atoms with Crippen molar-refractivity contribution in [2.24, 2.45) is 5.73 Å². The van der Waals surface area contributed by atoms with Crippen LogP contribution in [0.25, 0.3) is 10.9 Å². The smallest absolute Gasteiger partial charge is 0.322 e. The molecule has 0 spiro atoms. The molecule has 1 aromatic carbocycles. The second-order valence-electron chi connectivity index (χ2n) is 3.81. The molecule has 0 radical (unpaired) electrons. The summed E-state index contributed by atoms with van der Waals surface area (Å²) in [5.41, 5.74) is 7.55. The number of nitrogens with two attached hydrogens (primary N) is 1. The number of nitrogens with one attached hydrogen (secondary N) is 1. The van der Waals surface area contributed by atoms with Crippen molar-refractivity contribution in [1.29, 1.82) is 0 Å². The van der Waals surface area contributed by atoms with Gasteiger partial charge in [0.15, 0.2) is 0 Å². The molecule has 0 fully saturated rings. The molecular weight excluding hydrogens is 275 g/mol. The average molecular weight is 289 g/mol. The Bertz CT molecular complexity index is 554. The zero-order valence-corrected chi connectivity index (χ0v) is 11.3. The van der Waals surface area contributed by atoms with Gasteiger partial charge in [0.05, 0.1) is 17.6 Å². The molecule has 2 aromatic rings. The lowest BCUT2D eigenvalue weighted by Crippen LogP contribution is -2.33. The molecule has 0 bridgehead atoms. The number of carbonyl (C=O) groups excluding carboxylic acids is 1. The Morgan fingerprint density at radius 3 is 2.94 bits per heavy atom. The number of aromatic nitrogens is 1. The van der Waals surface area contributed by atoms with Crippen molar-refractivity contribution in [2.45, 2.75) is 12.5 Å². The van der Waals surface area contributed by atoms with Crippen LogP contribution in [0.3, 0.4) is 0 Å². The maximum atomic E-state index is 11.3. The number of rotatable bonds is 3. The molecular formula is C12H14Cl2N2O2. The molecule has 6 heteroatoms. The molecule has 0 saturated heterocycles. The summed E-state index contributed by atoms with van der Waals surface area (Å²) in [7, 11) is 1.33. The Balaban J connectivity index is 0.00000162. The van der Waals surface area contributed by atoms with Crippen molar-refractivity contribution in [2.75, 3.05) is 7.11 Å². The van der Waals surface area contributed by atoms with Crippen LogP contribution in [0.15, 0.2) is 24.4 Å². The largest absolute Gasteiger partial charge is 0.468 e. The summed E-state index contributed by atoms with van der Waals surface area (Å²) < 4.78 is 4.60. The first-order valence-electron chi connectivity index (χ1n) is 5.21. The summed E-state index contributed by atoms with van der Waals surface area (Å²) in [6, 6.07) is 4.96. The fraction of sp³-hybridized carbons (Fsp3) is 0.250. The third-order valence-corrected chi connectivity index (χ3v) is 3.01. The number of hydrogen-bond acceptors (Lipinski definition) is 3. The standard InChI is InChI=1S/C12H13ClN2O2.ClH/c1-17-12(16)10(14)5-7-6-15-11-8(7)3-2-4-9(11)13;/h2-4,6,10,15H,5,14H2,1H3;1H/t10-;/m1./s1. The molecule has 0 unspecified atom stereocenters. The fourth-order valence-electron chi connectivity index (χ4n) is 1.82. The van der Waals surface area contributed by atoms with Crippen molar-refractivity contribution < 1.29 is 9.53 Å². The highest BCUT2D eigenvalue weighted by atomic mass is 35.5. The van der Waals surface area contributed by atoms with Crippen molar-refractivity contribution >= 4 is 40.9 Å². The van der Waals surface area contributed by atoms with Crippen LogP contribution in [0.5, 0.6) is 0 Å². The number of halogens is 2. The molecule has 0 amide bonds. The number of carbonyl (C=O) groups is 1. The van der Waals surface area contributed by atoms with Gasteiger partial charge in [0.2, 0.25) is 0 Å². The average Bonchev–Trinajstić information content (AvgIpc) is 2.73. The van der Waals surface area contributed by atoms with Gasteiger partial charge >= 0.3 is 5.97 Å². The number of esters is 1. The van der Waals surface area contributed by atoms with E-state index in [1.165, 1.54) is 7.11 Å². The van der Waals surface area contributed by atoms with E-state index >= 15 is 0 Å². The molecule has 2 rings (SSSR count). The topological polar surface area (TPSA) is 68.1 Å². The number of fused-ring (bicyclic) bond motifs is 1. The van der Waals surface area contributed by atoms with Gasteiger partial charge in [0, 0.05) is 18.0 Å². The summed E-state index contributed by atoms with van der Waals surface area (Å²) in [4.78, 5) is 14.3. The molecule has 18 heavy (non-hydrogen) atoms. The summed E-state index contributed by atoms with van der Waals surface area (Å²) in [6.07, 6.45) is 2.24. The van der Waals surface area contributed by atoms with E-state index in [1.54, 1.807) is 0 Å². The zero-order valence-electron chi connectivity index (χ0n) is 9.77. The van der Waals surface area contributed by atoms with Crippen molar-refractivity contribution in [3.63, 3.8) is 0 Å². The lowest BCUT2D eigenvalue weighted by molar-refractivity contribution is -0.142. The van der Waals surface area contributed by atoms with Gasteiger partial charge in [-0.15, -0.1) is 12.4 Å².